The summed E-state index contributed by atoms with van der Waals surface area (Å²) >= 11 is 6.05. The second-order valence-electron chi connectivity index (χ2n) is 3.47. The van der Waals surface area contributed by atoms with Gasteiger partial charge in [-0.15, -0.1) is 0 Å². The van der Waals surface area contributed by atoms with E-state index < -0.39 is 0 Å². The maximum atomic E-state index is 11.5. The molecule has 0 aromatic heterocycles. The molecule has 0 saturated heterocycles. The Balaban J connectivity index is 2.52. The van der Waals surface area contributed by atoms with E-state index in [-0.39, 0.29) is 5.97 Å². The molecule has 15 heavy (non-hydrogen) atoms. The van der Waals surface area contributed by atoms with Crippen LogP contribution >= 0.6 is 11.6 Å². The highest BCUT2D eigenvalue weighted by Gasteiger charge is 2.19. The number of esters is 1. The highest BCUT2D eigenvalue weighted by Crippen LogP contribution is 2.32. The lowest BCUT2D eigenvalue weighted by molar-refractivity contribution is 0.0599. The molecule has 1 heterocycles. The Morgan fingerprint density at radius 3 is 3.07 bits per heavy atom. The van der Waals surface area contributed by atoms with Crippen LogP contribution < -0.4 is 5.32 Å². The number of hydrogen-bond donors (Lipinski definition) is 1. The summed E-state index contributed by atoms with van der Waals surface area (Å²) in [5, 5.41) is 3.87. The molecule has 1 aromatic rings. The minimum atomic E-state index is -0.299. The monoisotopic (exact) mass is 225 g/mol. The fourth-order valence-corrected chi connectivity index (χ4v) is 2.09. The maximum absolute atomic E-state index is 11.5. The number of fused-ring (bicyclic) bond motifs is 1. The van der Waals surface area contributed by atoms with Crippen molar-refractivity contribution in [1.82, 2.24) is 0 Å². The Kier molecular flexibility index (Phi) is 2.82. The van der Waals surface area contributed by atoms with Gasteiger partial charge in [-0.2, -0.15) is 0 Å². The van der Waals surface area contributed by atoms with Crippen molar-refractivity contribution in [3.8, 4) is 0 Å². The molecule has 0 radical (unpaired) electrons. The standard InChI is InChI=1S/C11H12ClNO2/c1-15-11(14)8-4-5-9(12)10-7(8)3-2-6-13-10/h4-5,13H,2-3,6H2,1H3. The number of benzene rings is 1. The third-order valence-electron chi connectivity index (χ3n) is 2.57. The highest BCUT2D eigenvalue weighted by atomic mass is 35.5. The van der Waals surface area contributed by atoms with E-state index in [1.807, 2.05) is 0 Å². The number of anilines is 1. The van der Waals surface area contributed by atoms with Crippen molar-refractivity contribution >= 4 is 23.3 Å². The molecule has 3 nitrogen and oxygen atoms in total. The minimum absolute atomic E-state index is 0.299. The van der Waals surface area contributed by atoms with Gasteiger partial charge in [0.05, 0.1) is 23.4 Å². The number of halogens is 1. The molecule has 1 aliphatic heterocycles. The Morgan fingerprint density at radius 2 is 2.33 bits per heavy atom. The largest absolute Gasteiger partial charge is 0.465 e. The number of ether oxygens (including phenoxy) is 1. The lowest BCUT2D eigenvalue weighted by Gasteiger charge is -2.21. The van der Waals surface area contributed by atoms with Crippen LogP contribution in [0.5, 0.6) is 0 Å². The van der Waals surface area contributed by atoms with Crippen LogP contribution in [0.15, 0.2) is 12.1 Å². The summed E-state index contributed by atoms with van der Waals surface area (Å²) in [7, 11) is 1.39. The molecule has 0 unspecified atom stereocenters. The molecular formula is C11H12ClNO2. The quantitative estimate of drug-likeness (QED) is 0.747. The van der Waals surface area contributed by atoms with Crippen LogP contribution in [0.25, 0.3) is 0 Å². The van der Waals surface area contributed by atoms with Gasteiger partial charge in [0.1, 0.15) is 0 Å². The van der Waals surface area contributed by atoms with Crippen molar-refractivity contribution in [2.75, 3.05) is 19.0 Å². The van der Waals surface area contributed by atoms with Gasteiger partial charge in [0.2, 0.25) is 0 Å². The first-order chi connectivity index (χ1) is 7.24. The van der Waals surface area contributed by atoms with Crippen LogP contribution in [0.2, 0.25) is 5.02 Å². The van der Waals surface area contributed by atoms with Crippen LogP contribution in [0.4, 0.5) is 5.69 Å². The van der Waals surface area contributed by atoms with Gasteiger partial charge in [0.25, 0.3) is 0 Å². The van der Waals surface area contributed by atoms with E-state index in [9.17, 15) is 4.79 Å². The number of carbonyl (C=O) groups is 1. The first-order valence-electron chi connectivity index (χ1n) is 4.87. The zero-order valence-electron chi connectivity index (χ0n) is 8.47. The zero-order valence-corrected chi connectivity index (χ0v) is 9.23. The van der Waals surface area contributed by atoms with Crippen molar-refractivity contribution in [2.45, 2.75) is 12.8 Å². The van der Waals surface area contributed by atoms with Gasteiger partial charge >= 0.3 is 5.97 Å². The van der Waals surface area contributed by atoms with Crippen molar-refractivity contribution in [1.29, 1.82) is 0 Å². The normalized spacial score (nSPS) is 14.0. The molecule has 0 amide bonds. The molecule has 1 aromatic carbocycles. The Hall–Kier alpha value is -1.22. The second-order valence-corrected chi connectivity index (χ2v) is 3.88. The second kappa shape index (κ2) is 4.11. The number of carbonyl (C=O) groups excluding carboxylic acids is 1. The van der Waals surface area contributed by atoms with Gasteiger partial charge in [-0.1, -0.05) is 11.6 Å². The summed E-state index contributed by atoms with van der Waals surface area (Å²) in [6.07, 6.45) is 1.88. The summed E-state index contributed by atoms with van der Waals surface area (Å²) in [6, 6.07) is 3.45. The minimum Gasteiger partial charge on any atom is -0.465 e. The van der Waals surface area contributed by atoms with Crippen LogP contribution in [-0.2, 0) is 11.2 Å². The fraction of sp³-hybridized carbons (Fsp3) is 0.364. The third-order valence-corrected chi connectivity index (χ3v) is 2.89. The first-order valence-corrected chi connectivity index (χ1v) is 5.25. The van der Waals surface area contributed by atoms with Gasteiger partial charge in [-0.3, -0.25) is 0 Å². The summed E-state index contributed by atoms with van der Waals surface area (Å²) in [6.45, 7) is 0.900. The predicted molar refractivity (Wildman–Crippen MR) is 59.6 cm³/mol. The van der Waals surface area contributed by atoms with E-state index in [0.717, 1.165) is 30.6 Å². The SMILES string of the molecule is COC(=O)c1ccc(Cl)c2c1CCCN2. The average molecular weight is 226 g/mol. The number of methoxy groups -OCH3 is 1. The summed E-state index contributed by atoms with van der Waals surface area (Å²) < 4.78 is 4.73. The van der Waals surface area contributed by atoms with E-state index in [1.54, 1.807) is 12.1 Å². The molecule has 2 rings (SSSR count). The predicted octanol–water partition coefficient (Wildman–Crippen LogP) is 2.48. The van der Waals surface area contributed by atoms with Crippen molar-refractivity contribution < 1.29 is 9.53 Å². The smallest absolute Gasteiger partial charge is 0.338 e. The molecule has 0 spiro atoms. The molecule has 1 N–H and O–H groups in total. The molecule has 80 valence electrons. The molecule has 0 saturated carbocycles. The first kappa shape index (κ1) is 10.3. The number of hydrogen-bond acceptors (Lipinski definition) is 3. The molecular weight excluding hydrogens is 214 g/mol. The topological polar surface area (TPSA) is 38.3 Å². The van der Waals surface area contributed by atoms with Gasteiger partial charge in [-0.25, -0.2) is 4.79 Å². The summed E-state index contributed by atoms with van der Waals surface area (Å²) in [4.78, 5) is 11.5. The molecule has 0 fully saturated rings. The van der Waals surface area contributed by atoms with E-state index in [4.69, 9.17) is 16.3 Å². The lowest BCUT2D eigenvalue weighted by Crippen LogP contribution is -2.16. The van der Waals surface area contributed by atoms with E-state index >= 15 is 0 Å². The molecule has 0 aliphatic carbocycles. The van der Waals surface area contributed by atoms with Crippen LogP contribution in [0.3, 0.4) is 0 Å². The van der Waals surface area contributed by atoms with Gasteiger partial charge in [0, 0.05) is 6.54 Å². The Bertz CT molecular complexity index is 404. The maximum Gasteiger partial charge on any atom is 0.338 e. The molecule has 1 aliphatic rings. The number of rotatable bonds is 1. The molecule has 0 bridgehead atoms. The average Bonchev–Trinajstić information content (AvgIpc) is 2.29. The number of nitrogens with one attached hydrogen (secondary N) is 1. The van der Waals surface area contributed by atoms with Gasteiger partial charge in [0.15, 0.2) is 0 Å². The van der Waals surface area contributed by atoms with Gasteiger partial charge in [-0.05, 0) is 30.5 Å². The third kappa shape index (κ3) is 1.79. The fourth-order valence-electron chi connectivity index (χ4n) is 1.85. The summed E-state index contributed by atoms with van der Waals surface area (Å²) in [5.41, 5.74) is 2.47. The Morgan fingerprint density at radius 1 is 1.53 bits per heavy atom. The van der Waals surface area contributed by atoms with E-state index in [1.165, 1.54) is 7.11 Å². The van der Waals surface area contributed by atoms with Crippen molar-refractivity contribution in [2.24, 2.45) is 0 Å². The van der Waals surface area contributed by atoms with Gasteiger partial charge < -0.3 is 10.1 Å². The van der Waals surface area contributed by atoms with Crippen molar-refractivity contribution in [3.05, 3.63) is 28.3 Å². The Labute approximate surface area is 93.4 Å². The molecule has 0 atom stereocenters. The lowest BCUT2D eigenvalue weighted by atomic mass is 9.97. The van der Waals surface area contributed by atoms with E-state index in [2.05, 4.69) is 5.32 Å². The van der Waals surface area contributed by atoms with Crippen LogP contribution in [-0.4, -0.2) is 19.6 Å². The summed E-state index contributed by atoms with van der Waals surface area (Å²) in [5.74, 6) is -0.299. The van der Waals surface area contributed by atoms with Crippen LogP contribution in [0, 0.1) is 0 Å². The van der Waals surface area contributed by atoms with E-state index in [0.29, 0.717) is 10.6 Å². The van der Waals surface area contributed by atoms with Crippen molar-refractivity contribution in [3.63, 3.8) is 0 Å². The highest BCUT2D eigenvalue weighted by molar-refractivity contribution is 6.33. The van der Waals surface area contributed by atoms with Crippen LogP contribution in [0.1, 0.15) is 22.3 Å². The molecule has 4 heteroatoms. The zero-order chi connectivity index (χ0) is 10.8.